The second-order valence-electron chi connectivity index (χ2n) is 7.27. The van der Waals surface area contributed by atoms with E-state index in [4.69, 9.17) is 11.6 Å². The maximum Gasteiger partial charge on any atom is 0.168 e. The van der Waals surface area contributed by atoms with Crippen LogP contribution in [0.25, 0.3) is 16.7 Å². The molecule has 0 N–H and O–H groups in total. The number of fused-ring (bicyclic) bond motifs is 1. The van der Waals surface area contributed by atoms with Gasteiger partial charge in [-0.05, 0) is 48.9 Å². The Morgan fingerprint density at radius 3 is 2.60 bits per heavy atom. The van der Waals surface area contributed by atoms with Crippen LogP contribution in [0.2, 0.25) is 5.02 Å². The molecule has 6 heteroatoms. The van der Waals surface area contributed by atoms with Crippen LogP contribution in [0.15, 0.2) is 30.7 Å². The van der Waals surface area contributed by atoms with Crippen LogP contribution in [0.4, 0.5) is 5.82 Å². The molecule has 0 aliphatic carbocycles. The Labute approximate surface area is 152 Å². The molecule has 1 aliphatic heterocycles. The predicted octanol–water partition coefficient (Wildman–Crippen LogP) is 4.26. The summed E-state index contributed by atoms with van der Waals surface area (Å²) in [5, 5.41) is 6.32. The Balaban J connectivity index is 1.81. The number of rotatable bonds is 2. The third kappa shape index (κ3) is 2.97. The van der Waals surface area contributed by atoms with Gasteiger partial charge in [-0.2, -0.15) is 5.10 Å². The SMILES string of the molecule is Cc1cc(Cl)ccc1-n1ncc2c(N3CC(C)CC(C)C3)ncnc21. The van der Waals surface area contributed by atoms with Crippen molar-refractivity contribution in [3.05, 3.63) is 41.3 Å². The molecule has 3 heterocycles. The third-order valence-electron chi connectivity index (χ3n) is 4.90. The van der Waals surface area contributed by atoms with E-state index in [1.54, 1.807) is 6.33 Å². The van der Waals surface area contributed by atoms with Gasteiger partial charge in [0, 0.05) is 18.1 Å². The maximum absolute atomic E-state index is 6.09. The van der Waals surface area contributed by atoms with Crippen LogP contribution in [-0.4, -0.2) is 32.8 Å². The first-order valence-corrected chi connectivity index (χ1v) is 9.11. The Hall–Kier alpha value is -2.14. The number of nitrogens with zero attached hydrogens (tertiary/aromatic N) is 5. The minimum atomic E-state index is 0.669. The summed E-state index contributed by atoms with van der Waals surface area (Å²) in [5.41, 5.74) is 2.89. The lowest BCUT2D eigenvalue weighted by Gasteiger charge is -2.35. The van der Waals surface area contributed by atoms with Crippen LogP contribution in [0.3, 0.4) is 0 Å². The average molecular weight is 356 g/mol. The molecule has 0 radical (unpaired) electrons. The van der Waals surface area contributed by atoms with Gasteiger partial charge < -0.3 is 4.90 Å². The molecule has 1 aromatic carbocycles. The second-order valence-corrected chi connectivity index (χ2v) is 7.71. The van der Waals surface area contributed by atoms with E-state index in [1.807, 2.05) is 36.0 Å². The van der Waals surface area contributed by atoms with Gasteiger partial charge in [-0.15, -0.1) is 0 Å². The van der Waals surface area contributed by atoms with E-state index in [1.165, 1.54) is 6.42 Å². The van der Waals surface area contributed by atoms with Crippen LogP contribution in [-0.2, 0) is 0 Å². The van der Waals surface area contributed by atoms with Crippen LogP contribution in [0.1, 0.15) is 25.8 Å². The molecule has 0 bridgehead atoms. The lowest BCUT2D eigenvalue weighted by atomic mass is 9.92. The van der Waals surface area contributed by atoms with Crippen molar-refractivity contribution in [2.45, 2.75) is 27.2 Å². The monoisotopic (exact) mass is 355 g/mol. The average Bonchev–Trinajstić information content (AvgIpc) is 2.98. The van der Waals surface area contributed by atoms with Gasteiger partial charge in [0.1, 0.15) is 12.1 Å². The minimum absolute atomic E-state index is 0.669. The summed E-state index contributed by atoms with van der Waals surface area (Å²) in [6.45, 7) is 8.71. The third-order valence-corrected chi connectivity index (χ3v) is 5.14. The molecule has 0 amide bonds. The number of halogens is 1. The number of hydrogen-bond donors (Lipinski definition) is 0. The molecular weight excluding hydrogens is 334 g/mol. The fraction of sp³-hybridized carbons (Fsp3) is 0.421. The summed E-state index contributed by atoms with van der Waals surface area (Å²) >= 11 is 6.09. The lowest BCUT2D eigenvalue weighted by molar-refractivity contribution is 0.356. The predicted molar refractivity (Wildman–Crippen MR) is 102 cm³/mol. The first-order valence-electron chi connectivity index (χ1n) is 8.73. The molecule has 130 valence electrons. The van der Waals surface area contributed by atoms with Crippen molar-refractivity contribution in [3.63, 3.8) is 0 Å². The summed E-state index contributed by atoms with van der Waals surface area (Å²) in [4.78, 5) is 11.5. The summed E-state index contributed by atoms with van der Waals surface area (Å²) in [7, 11) is 0. The van der Waals surface area contributed by atoms with Crippen LogP contribution in [0, 0.1) is 18.8 Å². The van der Waals surface area contributed by atoms with E-state index in [9.17, 15) is 0 Å². The number of hydrogen-bond acceptors (Lipinski definition) is 4. The van der Waals surface area contributed by atoms with Crippen molar-refractivity contribution in [2.75, 3.05) is 18.0 Å². The van der Waals surface area contributed by atoms with Crippen LogP contribution < -0.4 is 4.90 Å². The van der Waals surface area contributed by atoms with Gasteiger partial charge in [-0.1, -0.05) is 25.4 Å². The Morgan fingerprint density at radius 1 is 1.12 bits per heavy atom. The van der Waals surface area contributed by atoms with E-state index in [-0.39, 0.29) is 0 Å². The van der Waals surface area contributed by atoms with Crippen LogP contribution >= 0.6 is 11.6 Å². The topological polar surface area (TPSA) is 46.8 Å². The quantitative estimate of drug-likeness (QED) is 0.689. The number of aryl methyl sites for hydroxylation is 1. The number of piperidine rings is 1. The van der Waals surface area contributed by atoms with Gasteiger partial charge in [-0.3, -0.25) is 0 Å². The fourth-order valence-electron chi connectivity index (χ4n) is 3.95. The zero-order valence-electron chi connectivity index (χ0n) is 14.8. The van der Waals surface area contributed by atoms with Gasteiger partial charge >= 0.3 is 0 Å². The molecule has 2 atom stereocenters. The van der Waals surface area contributed by atoms with Crippen molar-refractivity contribution in [1.82, 2.24) is 19.7 Å². The highest BCUT2D eigenvalue weighted by Gasteiger charge is 2.25. The molecule has 2 unspecified atom stereocenters. The van der Waals surface area contributed by atoms with E-state index in [0.29, 0.717) is 11.8 Å². The number of benzene rings is 1. The van der Waals surface area contributed by atoms with Gasteiger partial charge in [-0.25, -0.2) is 14.6 Å². The van der Waals surface area contributed by atoms with Crippen molar-refractivity contribution < 1.29 is 0 Å². The second kappa shape index (κ2) is 6.30. The van der Waals surface area contributed by atoms with E-state index < -0.39 is 0 Å². The van der Waals surface area contributed by atoms with E-state index >= 15 is 0 Å². The zero-order chi connectivity index (χ0) is 17.6. The molecule has 1 aliphatic rings. The summed E-state index contributed by atoms with van der Waals surface area (Å²) in [6, 6.07) is 5.81. The first kappa shape index (κ1) is 16.3. The number of aromatic nitrogens is 4. The highest BCUT2D eigenvalue weighted by molar-refractivity contribution is 6.30. The maximum atomic E-state index is 6.09. The molecular formula is C19H22ClN5. The van der Waals surface area contributed by atoms with Crippen molar-refractivity contribution in [3.8, 4) is 5.69 Å². The minimum Gasteiger partial charge on any atom is -0.355 e. The van der Waals surface area contributed by atoms with Gasteiger partial charge in [0.2, 0.25) is 0 Å². The van der Waals surface area contributed by atoms with Crippen molar-refractivity contribution in [1.29, 1.82) is 0 Å². The van der Waals surface area contributed by atoms with Crippen molar-refractivity contribution >= 4 is 28.5 Å². The molecule has 1 saturated heterocycles. The Kier molecular flexibility index (Phi) is 4.12. The molecule has 25 heavy (non-hydrogen) atoms. The molecule has 3 aromatic rings. The number of anilines is 1. The summed E-state index contributed by atoms with van der Waals surface area (Å²) in [6.07, 6.45) is 4.79. The van der Waals surface area contributed by atoms with Gasteiger partial charge in [0.25, 0.3) is 0 Å². The van der Waals surface area contributed by atoms with Crippen LogP contribution in [0.5, 0.6) is 0 Å². The zero-order valence-corrected chi connectivity index (χ0v) is 15.5. The Morgan fingerprint density at radius 2 is 1.88 bits per heavy atom. The van der Waals surface area contributed by atoms with E-state index in [0.717, 1.165) is 46.2 Å². The largest absolute Gasteiger partial charge is 0.355 e. The fourth-order valence-corrected chi connectivity index (χ4v) is 4.18. The smallest absolute Gasteiger partial charge is 0.168 e. The standard InChI is InChI=1S/C19H22ClN5/c1-12-6-13(2)10-24(9-12)18-16-8-23-25(19(16)22-11-21-18)17-5-4-15(20)7-14(17)3/h4-5,7-8,11-13H,6,9-10H2,1-3H3. The molecule has 0 spiro atoms. The first-order chi connectivity index (χ1) is 12.0. The molecule has 0 saturated carbocycles. The highest BCUT2D eigenvalue weighted by atomic mass is 35.5. The normalized spacial score (nSPS) is 21.0. The molecule has 1 fully saturated rings. The van der Waals surface area contributed by atoms with Gasteiger partial charge in [0.15, 0.2) is 5.65 Å². The lowest BCUT2D eigenvalue weighted by Crippen LogP contribution is -2.39. The summed E-state index contributed by atoms with van der Waals surface area (Å²) in [5.74, 6) is 2.32. The van der Waals surface area contributed by atoms with Gasteiger partial charge in [0.05, 0.1) is 17.3 Å². The molecule has 5 nitrogen and oxygen atoms in total. The van der Waals surface area contributed by atoms with Crippen molar-refractivity contribution in [2.24, 2.45) is 11.8 Å². The Bertz CT molecular complexity index is 909. The molecule has 4 rings (SSSR count). The highest BCUT2D eigenvalue weighted by Crippen LogP contribution is 2.30. The summed E-state index contributed by atoms with van der Waals surface area (Å²) < 4.78 is 1.88. The van der Waals surface area contributed by atoms with E-state index in [2.05, 4.69) is 33.8 Å². The molecule has 2 aromatic heterocycles.